The first-order chi connectivity index (χ1) is 9.08. The van der Waals surface area contributed by atoms with Gasteiger partial charge in [0.05, 0.1) is 0 Å². The predicted molar refractivity (Wildman–Crippen MR) is 79.6 cm³/mol. The Kier molecular flexibility index (Phi) is 4.16. The van der Waals surface area contributed by atoms with Crippen LogP contribution in [0.4, 0.5) is 0 Å². The second kappa shape index (κ2) is 5.83. The van der Waals surface area contributed by atoms with Crippen molar-refractivity contribution in [2.75, 3.05) is 0 Å². The maximum atomic E-state index is 12.3. The third kappa shape index (κ3) is 3.31. The van der Waals surface area contributed by atoms with Gasteiger partial charge in [0.2, 0.25) is 0 Å². The van der Waals surface area contributed by atoms with Crippen LogP contribution in [0, 0.1) is 19.8 Å². The van der Waals surface area contributed by atoms with E-state index < -0.39 is 0 Å². The molecule has 19 heavy (non-hydrogen) atoms. The first-order valence-electron chi connectivity index (χ1n) is 6.73. The number of Topliss-reactive ketones (excluding diaryl/α,β-unsaturated/α-hetero) is 1. The number of aryl methyl sites for hydroxylation is 2. The fourth-order valence-electron chi connectivity index (χ4n) is 2.33. The molecule has 0 saturated carbocycles. The zero-order valence-corrected chi connectivity index (χ0v) is 11.8. The molecule has 2 rings (SSSR count). The maximum absolute atomic E-state index is 12.3. The third-order valence-electron chi connectivity index (χ3n) is 3.54. The van der Waals surface area contributed by atoms with Gasteiger partial charge in [-0.3, -0.25) is 4.79 Å². The summed E-state index contributed by atoms with van der Waals surface area (Å²) < 4.78 is 0. The van der Waals surface area contributed by atoms with E-state index in [1.807, 2.05) is 37.3 Å². The molecule has 0 aliphatic heterocycles. The van der Waals surface area contributed by atoms with Gasteiger partial charge < -0.3 is 0 Å². The van der Waals surface area contributed by atoms with Crippen molar-refractivity contribution in [3.63, 3.8) is 0 Å². The Morgan fingerprint density at radius 2 is 1.74 bits per heavy atom. The Morgan fingerprint density at radius 1 is 1.05 bits per heavy atom. The van der Waals surface area contributed by atoms with Crippen molar-refractivity contribution < 1.29 is 4.79 Å². The van der Waals surface area contributed by atoms with Gasteiger partial charge >= 0.3 is 0 Å². The number of hydrogen-bond donors (Lipinski definition) is 0. The molecule has 0 radical (unpaired) electrons. The lowest BCUT2D eigenvalue weighted by Gasteiger charge is -2.13. The van der Waals surface area contributed by atoms with Crippen molar-refractivity contribution in [2.24, 2.45) is 5.92 Å². The zero-order valence-electron chi connectivity index (χ0n) is 11.8. The van der Waals surface area contributed by atoms with Crippen molar-refractivity contribution in [1.29, 1.82) is 0 Å². The van der Waals surface area contributed by atoms with Crippen LogP contribution in [0.15, 0.2) is 48.5 Å². The molecule has 0 aromatic heterocycles. The average Bonchev–Trinajstić information content (AvgIpc) is 2.43. The van der Waals surface area contributed by atoms with Crippen LogP contribution in [-0.2, 0) is 6.42 Å². The van der Waals surface area contributed by atoms with Gasteiger partial charge in [-0.25, -0.2) is 0 Å². The number of benzene rings is 2. The van der Waals surface area contributed by atoms with Crippen LogP contribution in [0.1, 0.15) is 34.0 Å². The number of carbonyl (C=O) groups excluding carboxylic acids is 1. The SMILES string of the molecule is Cc1ccc(C)c(CC(C)C(=O)c2ccccc2)c1. The monoisotopic (exact) mass is 252 g/mol. The Morgan fingerprint density at radius 3 is 2.42 bits per heavy atom. The first-order valence-corrected chi connectivity index (χ1v) is 6.73. The number of hydrogen-bond acceptors (Lipinski definition) is 1. The normalized spacial score (nSPS) is 12.2. The van der Waals surface area contributed by atoms with Crippen LogP contribution < -0.4 is 0 Å². The van der Waals surface area contributed by atoms with E-state index in [0.717, 1.165) is 12.0 Å². The molecule has 2 aromatic rings. The van der Waals surface area contributed by atoms with Crippen LogP contribution in [-0.4, -0.2) is 5.78 Å². The van der Waals surface area contributed by atoms with Crippen molar-refractivity contribution in [3.8, 4) is 0 Å². The third-order valence-corrected chi connectivity index (χ3v) is 3.54. The van der Waals surface area contributed by atoms with Gasteiger partial charge in [0, 0.05) is 11.5 Å². The Labute approximate surface area is 115 Å². The van der Waals surface area contributed by atoms with Crippen molar-refractivity contribution in [1.82, 2.24) is 0 Å². The van der Waals surface area contributed by atoms with E-state index in [2.05, 4.69) is 32.0 Å². The highest BCUT2D eigenvalue weighted by Crippen LogP contribution is 2.18. The molecular weight excluding hydrogens is 232 g/mol. The molecule has 0 heterocycles. The van der Waals surface area contributed by atoms with E-state index in [-0.39, 0.29) is 11.7 Å². The van der Waals surface area contributed by atoms with Crippen LogP contribution in [0.25, 0.3) is 0 Å². The van der Waals surface area contributed by atoms with Crippen molar-refractivity contribution in [3.05, 3.63) is 70.8 Å². The van der Waals surface area contributed by atoms with Crippen LogP contribution in [0.3, 0.4) is 0 Å². The van der Waals surface area contributed by atoms with E-state index in [4.69, 9.17) is 0 Å². The number of carbonyl (C=O) groups is 1. The summed E-state index contributed by atoms with van der Waals surface area (Å²) in [5, 5.41) is 0. The van der Waals surface area contributed by atoms with E-state index >= 15 is 0 Å². The molecule has 0 bridgehead atoms. The topological polar surface area (TPSA) is 17.1 Å². The van der Waals surface area contributed by atoms with Gasteiger partial charge in [0.25, 0.3) is 0 Å². The fourth-order valence-corrected chi connectivity index (χ4v) is 2.33. The van der Waals surface area contributed by atoms with Gasteiger partial charge in [-0.2, -0.15) is 0 Å². The molecule has 0 aliphatic rings. The molecule has 0 saturated heterocycles. The molecule has 1 heteroatoms. The van der Waals surface area contributed by atoms with E-state index in [0.29, 0.717) is 0 Å². The Hall–Kier alpha value is -1.89. The van der Waals surface area contributed by atoms with Gasteiger partial charge in [0.1, 0.15) is 0 Å². The summed E-state index contributed by atoms with van der Waals surface area (Å²) in [4.78, 5) is 12.3. The van der Waals surface area contributed by atoms with Gasteiger partial charge in [0.15, 0.2) is 5.78 Å². The minimum absolute atomic E-state index is 0.0166. The van der Waals surface area contributed by atoms with Crippen LogP contribution >= 0.6 is 0 Å². The number of ketones is 1. The average molecular weight is 252 g/mol. The van der Waals surface area contributed by atoms with Crippen LogP contribution in [0.2, 0.25) is 0 Å². The van der Waals surface area contributed by atoms with Gasteiger partial charge in [-0.05, 0) is 31.4 Å². The minimum Gasteiger partial charge on any atom is -0.294 e. The van der Waals surface area contributed by atoms with E-state index in [1.54, 1.807) is 0 Å². The highest BCUT2D eigenvalue weighted by atomic mass is 16.1. The summed E-state index contributed by atoms with van der Waals surface area (Å²) >= 11 is 0. The first kappa shape index (κ1) is 13.5. The summed E-state index contributed by atoms with van der Waals surface area (Å²) in [6.07, 6.45) is 0.807. The predicted octanol–water partition coefficient (Wildman–Crippen LogP) is 4.36. The fraction of sp³-hybridized carbons (Fsp3) is 0.278. The summed E-state index contributed by atoms with van der Waals surface area (Å²) in [5.41, 5.74) is 4.59. The lowest BCUT2D eigenvalue weighted by Crippen LogP contribution is -2.14. The summed E-state index contributed by atoms with van der Waals surface area (Å²) in [7, 11) is 0. The van der Waals surface area contributed by atoms with Crippen LogP contribution in [0.5, 0.6) is 0 Å². The smallest absolute Gasteiger partial charge is 0.165 e. The molecule has 1 nitrogen and oxygen atoms in total. The van der Waals surface area contributed by atoms with Crippen molar-refractivity contribution in [2.45, 2.75) is 27.2 Å². The molecule has 0 aliphatic carbocycles. The lowest BCUT2D eigenvalue weighted by molar-refractivity contribution is 0.0929. The quantitative estimate of drug-likeness (QED) is 0.739. The van der Waals surface area contributed by atoms with E-state index in [9.17, 15) is 4.79 Å². The zero-order chi connectivity index (χ0) is 13.8. The number of rotatable bonds is 4. The minimum atomic E-state index is 0.0166. The Balaban J connectivity index is 2.15. The maximum Gasteiger partial charge on any atom is 0.165 e. The summed E-state index contributed by atoms with van der Waals surface area (Å²) in [5.74, 6) is 0.240. The second-order valence-electron chi connectivity index (χ2n) is 5.27. The summed E-state index contributed by atoms with van der Waals surface area (Å²) in [6.45, 7) is 6.21. The molecular formula is C18H20O. The highest BCUT2D eigenvalue weighted by molar-refractivity contribution is 5.97. The molecule has 0 spiro atoms. The molecule has 1 unspecified atom stereocenters. The molecule has 0 N–H and O–H groups in total. The second-order valence-corrected chi connectivity index (χ2v) is 5.27. The lowest BCUT2D eigenvalue weighted by atomic mass is 9.90. The van der Waals surface area contributed by atoms with Gasteiger partial charge in [-0.15, -0.1) is 0 Å². The van der Waals surface area contributed by atoms with Gasteiger partial charge in [-0.1, -0.05) is 61.0 Å². The molecule has 2 aromatic carbocycles. The highest BCUT2D eigenvalue weighted by Gasteiger charge is 2.16. The molecule has 1 atom stereocenters. The standard InChI is InChI=1S/C18H20O/c1-13-9-10-14(2)17(11-13)12-15(3)18(19)16-7-5-4-6-8-16/h4-11,15H,12H2,1-3H3. The van der Waals surface area contributed by atoms with Crippen molar-refractivity contribution >= 4 is 5.78 Å². The largest absolute Gasteiger partial charge is 0.294 e. The molecule has 98 valence electrons. The van der Waals surface area contributed by atoms with E-state index in [1.165, 1.54) is 16.7 Å². The Bertz CT molecular complexity index is 569. The molecule has 0 fully saturated rings. The molecule has 0 amide bonds. The summed E-state index contributed by atoms with van der Waals surface area (Å²) in [6, 6.07) is 16.0.